The second kappa shape index (κ2) is 7.10. The molecule has 20 heavy (non-hydrogen) atoms. The van der Waals surface area contributed by atoms with Crippen LogP contribution in [-0.2, 0) is 6.42 Å². The topological polar surface area (TPSA) is 49.8 Å². The van der Waals surface area contributed by atoms with Gasteiger partial charge in [-0.15, -0.1) is 0 Å². The molecule has 0 spiro atoms. The fraction of sp³-hybridized carbons (Fsp3) is 0.333. The molecular formula is C15H19ClN4. The molecule has 1 heterocycles. The van der Waals surface area contributed by atoms with Crippen LogP contribution in [0.2, 0.25) is 5.02 Å². The molecule has 0 fully saturated rings. The lowest BCUT2D eigenvalue weighted by molar-refractivity contribution is 0.989. The summed E-state index contributed by atoms with van der Waals surface area (Å²) in [6, 6.07) is 7.91. The van der Waals surface area contributed by atoms with Crippen molar-refractivity contribution in [3.05, 3.63) is 46.7 Å². The van der Waals surface area contributed by atoms with E-state index in [4.69, 9.17) is 11.6 Å². The largest absolute Gasteiger partial charge is 0.370 e. The number of nitrogens with one attached hydrogen (secondary N) is 2. The van der Waals surface area contributed by atoms with Gasteiger partial charge in [0, 0.05) is 23.7 Å². The normalized spacial score (nSPS) is 10.3. The van der Waals surface area contributed by atoms with Gasteiger partial charge in [-0.2, -0.15) is 0 Å². The Labute approximate surface area is 124 Å². The number of hydrogen-bond donors (Lipinski definition) is 2. The molecule has 1 aromatic heterocycles. The van der Waals surface area contributed by atoms with Gasteiger partial charge in [0.05, 0.1) is 0 Å². The van der Waals surface area contributed by atoms with E-state index in [0.29, 0.717) is 0 Å². The van der Waals surface area contributed by atoms with Crippen molar-refractivity contribution >= 4 is 23.2 Å². The summed E-state index contributed by atoms with van der Waals surface area (Å²) in [7, 11) is 0. The van der Waals surface area contributed by atoms with E-state index in [9.17, 15) is 0 Å². The molecule has 0 aliphatic carbocycles. The third-order valence-corrected chi connectivity index (χ3v) is 3.30. The summed E-state index contributed by atoms with van der Waals surface area (Å²) in [5, 5.41) is 7.34. The summed E-state index contributed by atoms with van der Waals surface area (Å²) < 4.78 is 0. The van der Waals surface area contributed by atoms with Crippen molar-refractivity contribution in [2.24, 2.45) is 0 Å². The van der Waals surface area contributed by atoms with Crippen LogP contribution in [0.15, 0.2) is 30.6 Å². The highest BCUT2D eigenvalue weighted by Gasteiger charge is 2.05. The third-order valence-electron chi connectivity index (χ3n) is 3.05. The third kappa shape index (κ3) is 3.84. The zero-order valence-electron chi connectivity index (χ0n) is 11.8. The van der Waals surface area contributed by atoms with Gasteiger partial charge in [0.1, 0.15) is 18.0 Å². The van der Waals surface area contributed by atoms with Gasteiger partial charge < -0.3 is 10.6 Å². The van der Waals surface area contributed by atoms with Crippen molar-refractivity contribution in [2.75, 3.05) is 23.7 Å². The molecule has 0 atom stereocenters. The van der Waals surface area contributed by atoms with Crippen LogP contribution in [0.3, 0.4) is 0 Å². The van der Waals surface area contributed by atoms with E-state index >= 15 is 0 Å². The van der Waals surface area contributed by atoms with Gasteiger partial charge in [-0.05, 0) is 38.0 Å². The van der Waals surface area contributed by atoms with Crippen molar-refractivity contribution in [3.8, 4) is 0 Å². The second-order valence-electron chi connectivity index (χ2n) is 4.53. The molecular weight excluding hydrogens is 272 g/mol. The monoisotopic (exact) mass is 290 g/mol. The van der Waals surface area contributed by atoms with E-state index in [-0.39, 0.29) is 0 Å². The summed E-state index contributed by atoms with van der Waals surface area (Å²) in [5.41, 5.74) is 2.30. The van der Waals surface area contributed by atoms with Gasteiger partial charge in [0.2, 0.25) is 0 Å². The van der Waals surface area contributed by atoms with E-state index in [2.05, 4.69) is 27.5 Å². The average Bonchev–Trinajstić information content (AvgIpc) is 2.45. The molecule has 0 bridgehead atoms. The van der Waals surface area contributed by atoms with Crippen LogP contribution in [0.25, 0.3) is 0 Å². The number of anilines is 2. The number of halogens is 1. The van der Waals surface area contributed by atoms with Gasteiger partial charge >= 0.3 is 0 Å². The Hall–Kier alpha value is -1.81. The highest BCUT2D eigenvalue weighted by molar-refractivity contribution is 6.30. The molecule has 0 radical (unpaired) electrons. The van der Waals surface area contributed by atoms with Crippen LogP contribution in [0.5, 0.6) is 0 Å². The van der Waals surface area contributed by atoms with E-state index in [1.165, 1.54) is 5.56 Å². The van der Waals surface area contributed by atoms with E-state index in [1.54, 1.807) is 6.33 Å². The van der Waals surface area contributed by atoms with Crippen LogP contribution in [0.1, 0.15) is 18.1 Å². The highest BCUT2D eigenvalue weighted by Crippen LogP contribution is 2.18. The first kappa shape index (κ1) is 14.6. The number of hydrogen-bond acceptors (Lipinski definition) is 4. The molecule has 2 aromatic rings. The van der Waals surface area contributed by atoms with Gasteiger partial charge in [0.25, 0.3) is 0 Å². The molecule has 0 amide bonds. The first-order valence-corrected chi connectivity index (χ1v) is 7.12. The zero-order valence-corrected chi connectivity index (χ0v) is 12.5. The quantitative estimate of drug-likeness (QED) is 0.854. The summed E-state index contributed by atoms with van der Waals surface area (Å²) in [5.74, 6) is 1.77. The van der Waals surface area contributed by atoms with Crippen molar-refractivity contribution in [3.63, 3.8) is 0 Å². The van der Waals surface area contributed by atoms with Gasteiger partial charge in [0.15, 0.2) is 0 Å². The first-order valence-electron chi connectivity index (χ1n) is 6.74. The number of benzene rings is 1. The standard InChI is InChI=1S/C15H19ClN4/c1-3-17-14-11(2)15(20-10-19-14)18-9-8-12-4-6-13(16)7-5-12/h4-7,10H,3,8-9H2,1-2H3,(H2,17,18,19,20). The second-order valence-corrected chi connectivity index (χ2v) is 4.97. The van der Waals surface area contributed by atoms with Crippen molar-refractivity contribution < 1.29 is 0 Å². The van der Waals surface area contributed by atoms with E-state index in [1.807, 2.05) is 31.2 Å². The first-order chi connectivity index (χ1) is 9.70. The molecule has 0 unspecified atom stereocenters. The SMILES string of the molecule is CCNc1ncnc(NCCc2ccc(Cl)cc2)c1C. The maximum absolute atomic E-state index is 5.87. The maximum Gasteiger partial charge on any atom is 0.134 e. The Morgan fingerprint density at radius 1 is 1.05 bits per heavy atom. The summed E-state index contributed by atoms with van der Waals surface area (Å²) in [4.78, 5) is 8.51. The number of nitrogens with zero attached hydrogens (tertiary/aromatic N) is 2. The zero-order chi connectivity index (χ0) is 14.4. The van der Waals surface area contributed by atoms with Gasteiger partial charge in [-0.3, -0.25) is 0 Å². The molecule has 4 nitrogen and oxygen atoms in total. The lowest BCUT2D eigenvalue weighted by Gasteiger charge is -2.11. The molecule has 2 rings (SSSR count). The molecule has 0 saturated heterocycles. The van der Waals surface area contributed by atoms with Crippen LogP contribution in [0, 0.1) is 6.92 Å². The fourth-order valence-electron chi connectivity index (χ4n) is 1.95. The lowest BCUT2D eigenvalue weighted by atomic mass is 10.1. The summed E-state index contributed by atoms with van der Waals surface area (Å²) in [6.45, 7) is 5.74. The molecule has 0 aliphatic rings. The molecule has 2 N–H and O–H groups in total. The van der Waals surface area contributed by atoms with E-state index < -0.39 is 0 Å². The highest BCUT2D eigenvalue weighted by atomic mass is 35.5. The molecule has 5 heteroatoms. The van der Waals surface area contributed by atoms with Crippen LogP contribution in [0.4, 0.5) is 11.6 Å². The predicted molar refractivity (Wildman–Crippen MR) is 84.6 cm³/mol. The number of aromatic nitrogens is 2. The summed E-state index contributed by atoms with van der Waals surface area (Å²) in [6.07, 6.45) is 2.51. The number of rotatable bonds is 6. The molecule has 106 valence electrons. The van der Waals surface area contributed by atoms with Crippen molar-refractivity contribution in [2.45, 2.75) is 20.3 Å². The Balaban J connectivity index is 1.94. The minimum absolute atomic E-state index is 0.767. The van der Waals surface area contributed by atoms with Gasteiger partial charge in [-0.25, -0.2) is 9.97 Å². The smallest absolute Gasteiger partial charge is 0.134 e. The Bertz CT molecular complexity index is 554. The predicted octanol–water partition coefficient (Wildman–Crippen LogP) is 3.52. The van der Waals surface area contributed by atoms with Crippen LogP contribution < -0.4 is 10.6 Å². The van der Waals surface area contributed by atoms with Crippen LogP contribution in [-0.4, -0.2) is 23.1 Å². The minimum atomic E-state index is 0.767. The Morgan fingerprint density at radius 3 is 2.35 bits per heavy atom. The maximum atomic E-state index is 5.87. The molecule has 0 aliphatic heterocycles. The average molecular weight is 291 g/mol. The van der Waals surface area contributed by atoms with Crippen molar-refractivity contribution in [1.29, 1.82) is 0 Å². The molecule has 0 saturated carbocycles. The molecule has 1 aromatic carbocycles. The van der Waals surface area contributed by atoms with Crippen LogP contribution >= 0.6 is 11.6 Å². The van der Waals surface area contributed by atoms with Gasteiger partial charge in [-0.1, -0.05) is 23.7 Å². The Kier molecular flexibility index (Phi) is 5.18. The summed E-state index contributed by atoms with van der Waals surface area (Å²) >= 11 is 5.87. The minimum Gasteiger partial charge on any atom is -0.370 e. The van der Waals surface area contributed by atoms with E-state index in [0.717, 1.165) is 41.7 Å². The lowest BCUT2D eigenvalue weighted by Crippen LogP contribution is -2.10. The van der Waals surface area contributed by atoms with Crippen molar-refractivity contribution in [1.82, 2.24) is 9.97 Å². The Morgan fingerprint density at radius 2 is 1.70 bits per heavy atom. The fourth-order valence-corrected chi connectivity index (χ4v) is 2.08.